The first kappa shape index (κ1) is 27.2. The summed E-state index contributed by atoms with van der Waals surface area (Å²) in [6, 6.07) is 6.42. The number of nitrogens with one attached hydrogen (secondary N) is 2. The molecular formula is C34H38N4O3. The van der Waals surface area contributed by atoms with Crippen LogP contribution in [0.2, 0.25) is 0 Å². The molecule has 6 rings (SSSR count). The zero-order valence-corrected chi connectivity index (χ0v) is 24.8. The van der Waals surface area contributed by atoms with Crippen LogP contribution in [0, 0.1) is 13.8 Å². The summed E-state index contributed by atoms with van der Waals surface area (Å²) in [5.74, 6) is 0.455. The summed E-state index contributed by atoms with van der Waals surface area (Å²) >= 11 is 0. The molecule has 1 aliphatic carbocycles. The van der Waals surface area contributed by atoms with Crippen LogP contribution in [0.4, 0.5) is 0 Å². The van der Waals surface area contributed by atoms with Crippen LogP contribution >= 0.6 is 0 Å². The van der Waals surface area contributed by atoms with E-state index >= 15 is 0 Å². The summed E-state index contributed by atoms with van der Waals surface area (Å²) < 4.78 is 4.96. The number of Topliss-reactive ketones (excluding diaryl/α,β-unsaturated/α-hetero) is 1. The maximum absolute atomic E-state index is 13.4. The zero-order valence-electron chi connectivity index (χ0n) is 24.8. The normalized spacial score (nSPS) is 21.4. The number of hydrogen-bond acceptors (Lipinski definition) is 5. The molecule has 4 atom stereocenters. The van der Waals surface area contributed by atoms with Crippen molar-refractivity contribution in [2.75, 3.05) is 7.11 Å². The fraction of sp³-hybridized carbons (Fsp3) is 0.412. The van der Waals surface area contributed by atoms with Crippen LogP contribution in [0.5, 0.6) is 0 Å². The number of methoxy groups -OCH3 is 1. The second-order valence-electron chi connectivity index (χ2n) is 11.8. The largest absolute Gasteiger partial charge is 0.469 e. The first-order valence-corrected chi connectivity index (χ1v) is 14.7. The van der Waals surface area contributed by atoms with Crippen molar-refractivity contribution in [3.8, 4) is 0 Å². The van der Waals surface area contributed by atoms with Gasteiger partial charge in [-0.1, -0.05) is 33.4 Å². The van der Waals surface area contributed by atoms with Gasteiger partial charge in [0.25, 0.3) is 0 Å². The molecule has 5 heterocycles. The van der Waals surface area contributed by atoms with Crippen LogP contribution in [0.15, 0.2) is 24.8 Å². The van der Waals surface area contributed by atoms with Crippen LogP contribution in [-0.2, 0) is 16.0 Å². The molecule has 8 bridgehead atoms. The molecule has 0 unspecified atom stereocenters. The lowest BCUT2D eigenvalue weighted by molar-refractivity contribution is -0.140. The predicted octanol–water partition coefficient (Wildman–Crippen LogP) is 7.45. The Morgan fingerprint density at radius 1 is 1.00 bits per heavy atom. The number of ether oxygens (including phenoxy) is 1. The first-order chi connectivity index (χ1) is 19.7. The summed E-state index contributed by atoms with van der Waals surface area (Å²) in [7, 11) is 1.42. The van der Waals surface area contributed by atoms with Crippen molar-refractivity contribution in [3.05, 3.63) is 75.4 Å². The van der Waals surface area contributed by atoms with Gasteiger partial charge in [0.15, 0.2) is 5.78 Å². The van der Waals surface area contributed by atoms with Crippen molar-refractivity contribution in [1.29, 1.82) is 0 Å². The monoisotopic (exact) mass is 550 g/mol. The molecule has 0 spiro atoms. The van der Waals surface area contributed by atoms with Gasteiger partial charge in [-0.3, -0.25) is 19.6 Å². The molecule has 0 radical (unpaired) electrons. The van der Waals surface area contributed by atoms with E-state index in [2.05, 4.69) is 62.4 Å². The van der Waals surface area contributed by atoms with E-state index in [9.17, 15) is 9.59 Å². The minimum absolute atomic E-state index is 0.0118. The quantitative estimate of drug-likeness (QED) is 0.321. The van der Waals surface area contributed by atoms with E-state index in [4.69, 9.17) is 14.7 Å². The Balaban J connectivity index is 1.73. The van der Waals surface area contributed by atoms with E-state index in [0.29, 0.717) is 19.3 Å². The number of hydrogen-bond donors (Lipinski definition) is 2. The van der Waals surface area contributed by atoms with Gasteiger partial charge in [-0.2, -0.15) is 0 Å². The molecule has 0 saturated carbocycles. The topological polar surface area (TPSA) is 101 Å². The Morgan fingerprint density at radius 3 is 2.37 bits per heavy atom. The average molecular weight is 551 g/mol. The number of carbonyl (C=O) groups is 2. The molecule has 3 aromatic heterocycles. The highest BCUT2D eigenvalue weighted by atomic mass is 16.5. The molecule has 2 N–H and O–H groups in total. The molecule has 0 aromatic carbocycles. The summed E-state index contributed by atoms with van der Waals surface area (Å²) in [5, 5.41) is 0. The van der Waals surface area contributed by atoms with Gasteiger partial charge in [-0.25, -0.2) is 0 Å². The van der Waals surface area contributed by atoms with E-state index < -0.39 is 0 Å². The van der Waals surface area contributed by atoms with Gasteiger partial charge < -0.3 is 14.7 Å². The number of carbonyl (C=O) groups excluding carboxylic acids is 2. The first-order valence-electron chi connectivity index (χ1n) is 14.7. The Morgan fingerprint density at radius 2 is 1.66 bits per heavy atom. The third-order valence-corrected chi connectivity index (χ3v) is 9.67. The second kappa shape index (κ2) is 10.1. The minimum Gasteiger partial charge on any atom is -0.469 e. The van der Waals surface area contributed by atoms with Gasteiger partial charge in [-0.05, 0) is 56.0 Å². The average Bonchev–Trinajstić information content (AvgIpc) is 3.70. The number of aromatic amines is 2. The van der Waals surface area contributed by atoms with Gasteiger partial charge in [0, 0.05) is 86.8 Å². The van der Waals surface area contributed by atoms with E-state index in [-0.39, 0.29) is 35.4 Å². The highest BCUT2D eigenvalue weighted by Crippen LogP contribution is 2.45. The van der Waals surface area contributed by atoms with Crippen LogP contribution in [0.3, 0.4) is 0 Å². The Labute approximate surface area is 240 Å². The number of aryl methyl sites for hydroxylation is 2. The lowest BCUT2D eigenvalue weighted by Crippen LogP contribution is -2.09. The third kappa shape index (κ3) is 4.25. The smallest absolute Gasteiger partial charge is 0.305 e. The maximum atomic E-state index is 13.4. The zero-order chi connectivity index (χ0) is 29.2. The molecule has 3 aliphatic rings. The van der Waals surface area contributed by atoms with Crippen LogP contribution < -0.4 is 0 Å². The van der Waals surface area contributed by atoms with E-state index in [1.807, 2.05) is 13.0 Å². The molecule has 41 heavy (non-hydrogen) atoms. The fourth-order valence-electron chi connectivity index (χ4n) is 7.15. The Hall–Kier alpha value is -4.00. The number of nitrogens with zero attached hydrogens (tertiary/aromatic N) is 2. The van der Waals surface area contributed by atoms with Gasteiger partial charge in [0.05, 0.1) is 18.3 Å². The predicted molar refractivity (Wildman–Crippen MR) is 162 cm³/mol. The van der Waals surface area contributed by atoms with Crippen molar-refractivity contribution < 1.29 is 14.3 Å². The number of H-pyrrole nitrogens is 2. The van der Waals surface area contributed by atoms with E-state index in [1.54, 1.807) is 0 Å². The Bertz CT molecular complexity index is 1780. The van der Waals surface area contributed by atoms with Crippen molar-refractivity contribution in [2.45, 2.75) is 84.0 Å². The van der Waals surface area contributed by atoms with E-state index in [0.717, 1.165) is 79.1 Å². The number of fused-ring (bicyclic) bond motifs is 8. The third-order valence-electron chi connectivity index (χ3n) is 9.67. The van der Waals surface area contributed by atoms with Crippen molar-refractivity contribution >= 4 is 39.9 Å². The molecule has 212 valence electrons. The summed E-state index contributed by atoms with van der Waals surface area (Å²) in [5.41, 5.74) is 12.5. The summed E-state index contributed by atoms with van der Waals surface area (Å²) in [6.07, 6.45) is 4.08. The molecule has 3 aromatic rings. The van der Waals surface area contributed by atoms with Crippen LogP contribution in [0.25, 0.3) is 28.1 Å². The number of esters is 1. The standard InChI is InChI=1S/C34H38N4O3/c1-8-20-16(3)24-13-26-18(5)22(10-11-31(40)41-7)33(37-26)23-12-30(39)32-19(6)27(38-34(23)32)15-29-21(9-2)17(4)25(36-29)14-28(20)35-24/h8,13-15,17-18,21-22,35,38H,1,9-12H2,2-7H3/t17-,18+,21-,22+/m1/s1. The molecule has 0 saturated heterocycles. The Kier molecular flexibility index (Phi) is 6.71. The summed E-state index contributed by atoms with van der Waals surface area (Å²) in [6.45, 7) is 14.8. The summed E-state index contributed by atoms with van der Waals surface area (Å²) in [4.78, 5) is 43.2. The maximum Gasteiger partial charge on any atom is 0.305 e. The highest BCUT2D eigenvalue weighted by Gasteiger charge is 2.36. The molecule has 7 heteroatoms. The van der Waals surface area contributed by atoms with E-state index in [1.165, 1.54) is 7.11 Å². The van der Waals surface area contributed by atoms with Crippen LogP contribution in [-0.4, -0.2) is 38.8 Å². The minimum atomic E-state index is -0.239. The fourth-order valence-corrected chi connectivity index (χ4v) is 7.15. The molecule has 0 fully saturated rings. The van der Waals surface area contributed by atoms with Crippen LogP contribution in [0.1, 0.15) is 119 Å². The van der Waals surface area contributed by atoms with Gasteiger partial charge >= 0.3 is 5.97 Å². The SMILES string of the molecule is C=Cc1c(C)c2cc3nc(c4c5[nH]c(cc6nc(cc1[nH]2)[C@H](C)[C@H]6CC)c(C)c5C(=O)C4)[C@@H](CCC(=O)OC)[C@@H]3C. The molecule has 0 amide bonds. The number of rotatable bonds is 5. The van der Waals surface area contributed by atoms with Crippen molar-refractivity contribution in [1.82, 2.24) is 19.9 Å². The van der Waals surface area contributed by atoms with Gasteiger partial charge in [0.2, 0.25) is 0 Å². The lowest BCUT2D eigenvalue weighted by Gasteiger charge is -2.16. The number of ketones is 1. The molecule has 7 nitrogen and oxygen atoms in total. The molecule has 2 aliphatic heterocycles. The highest BCUT2D eigenvalue weighted by molar-refractivity contribution is 6.13. The van der Waals surface area contributed by atoms with Crippen molar-refractivity contribution in [2.24, 2.45) is 0 Å². The van der Waals surface area contributed by atoms with Crippen molar-refractivity contribution in [3.63, 3.8) is 0 Å². The van der Waals surface area contributed by atoms with Gasteiger partial charge in [-0.15, -0.1) is 0 Å². The lowest BCUT2D eigenvalue weighted by atomic mass is 9.85. The number of aromatic nitrogens is 4. The van der Waals surface area contributed by atoms with Gasteiger partial charge in [0.1, 0.15) is 0 Å². The molecular weight excluding hydrogens is 512 g/mol. The second-order valence-corrected chi connectivity index (χ2v) is 11.8.